The Balaban J connectivity index is 1.65. The normalized spacial score (nSPS) is 16.8. The second kappa shape index (κ2) is 7.00. The topological polar surface area (TPSA) is 58.6 Å². The average molecular weight is 348 g/mol. The van der Waals surface area contributed by atoms with Gasteiger partial charge in [0, 0.05) is 33.1 Å². The summed E-state index contributed by atoms with van der Waals surface area (Å²) >= 11 is 0. The van der Waals surface area contributed by atoms with Crippen molar-refractivity contribution in [2.24, 2.45) is 0 Å². The Hall–Kier alpha value is -2.77. The number of likely N-dealkylation sites (tertiary alicyclic amines) is 1. The second-order valence-electron chi connectivity index (χ2n) is 6.01. The molecule has 1 amide bonds. The fourth-order valence-corrected chi connectivity index (χ4v) is 2.62. The number of hydrogen-bond donors (Lipinski definition) is 0. The van der Waals surface area contributed by atoms with Crippen molar-refractivity contribution in [3.63, 3.8) is 0 Å². The zero-order chi connectivity index (χ0) is 18.0. The van der Waals surface area contributed by atoms with Crippen LogP contribution in [-0.4, -0.2) is 54.1 Å². The van der Waals surface area contributed by atoms with Gasteiger partial charge < -0.3 is 14.5 Å². The van der Waals surface area contributed by atoms with Gasteiger partial charge in [0.1, 0.15) is 17.7 Å². The molecule has 1 aliphatic rings. The van der Waals surface area contributed by atoms with Crippen LogP contribution in [0.15, 0.2) is 30.6 Å². The number of carbonyl (C=O) groups excluding carboxylic acids is 1. The molecule has 1 saturated heterocycles. The van der Waals surface area contributed by atoms with E-state index in [1.165, 1.54) is 11.1 Å². The fraction of sp³-hybridized carbons (Fsp3) is 0.353. The third-order valence-electron chi connectivity index (χ3n) is 3.94. The molecule has 1 unspecified atom stereocenters. The molecule has 1 aromatic heterocycles. The summed E-state index contributed by atoms with van der Waals surface area (Å²) in [6.45, 7) is 0.741. The summed E-state index contributed by atoms with van der Waals surface area (Å²) in [5.41, 5.74) is -0.142. The van der Waals surface area contributed by atoms with Gasteiger partial charge >= 0.3 is 0 Å². The van der Waals surface area contributed by atoms with Crippen LogP contribution < -0.4 is 9.64 Å². The maximum atomic E-state index is 13.8. The molecule has 1 aliphatic heterocycles. The minimum Gasteiger partial charge on any atom is -0.471 e. The summed E-state index contributed by atoms with van der Waals surface area (Å²) in [4.78, 5) is 24.1. The van der Waals surface area contributed by atoms with E-state index in [0.717, 1.165) is 12.1 Å². The minimum atomic E-state index is -0.862. The molecule has 1 aromatic carbocycles. The third kappa shape index (κ3) is 3.84. The van der Waals surface area contributed by atoms with Crippen molar-refractivity contribution in [2.45, 2.75) is 12.5 Å². The Morgan fingerprint density at radius 3 is 2.84 bits per heavy atom. The van der Waals surface area contributed by atoms with Crippen molar-refractivity contribution in [1.82, 2.24) is 14.9 Å². The maximum Gasteiger partial charge on any atom is 0.256 e. The molecule has 2 aromatic rings. The number of hydrogen-bond acceptors (Lipinski definition) is 5. The van der Waals surface area contributed by atoms with Gasteiger partial charge in [0.15, 0.2) is 5.82 Å². The number of anilines is 1. The van der Waals surface area contributed by atoms with Crippen molar-refractivity contribution in [1.29, 1.82) is 0 Å². The second-order valence-corrected chi connectivity index (χ2v) is 6.01. The molecule has 1 fully saturated rings. The first-order valence-corrected chi connectivity index (χ1v) is 7.84. The quantitative estimate of drug-likeness (QED) is 0.847. The predicted octanol–water partition coefficient (Wildman–Crippen LogP) is 2.11. The number of carbonyl (C=O) groups is 1. The van der Waals surface area contributed by atoms with E-state index in [9.17, 15) is 13.6 Å². The summed E-state index contributed by atoms with van der Waals surface area (Å²) in [6.07, 6.45) is 3.48. The van der Waals surface area contributed by atoms with Gasteiger partial charge in [0.25, 0.3) is 5.91 Å². The number of nitrogens with zero attached hydrogens (tertiary/aromatic N) is 4. The SMILES string of the molecule is CN(C)c1cncc(OC2CCN(C(=O)c3ccc(F)cc3F)C2)n1. The van der Waals surface area contributed by atoms with Gasteiger partial charge in [-0.1, -0.05) is 0 Å². The Morgan fingerprint density at radius 2 is 2.12 bits per heavy atom. The van der Waals surface area contributed by atoms with E-state index in [1.807, 2.05) is 19.0 Å². The number of rotatable bonds is 4. The molecule has 8 heteroatoms. The fourth-order valence-electron chi connectivity index (χ4n) is 2.62. The Kier molecular flexibility index (Phi) is 4.78. The van der Waals surface area contributed by atoms with E-state index in [2.05, 4.69) is 9.97 Å². The number of ether oxygens (including phenoxy) is 1. The van der Waals surface area contributed by atoms with Crippen LogP contribution in [0.25, 0.3) is 0 Å². The number of benzene rings is 1. The van der Waals surface area contributed by atoms with Crippen molar-refractivity contribution < 1.29 is 18.3 Å². The molecule has 0 aliphatic carbocycles. The molecule has 0 bridgehead atoms. The van der Waals surface area contributed by atoms with Gasteiger partial charge in [-0.2, -0.15) is 4.98 Å². The van der Waals surface area contributed by atoms with Crippen molar-refractivity contribution in [3.8, 4) is 5.88 Å². The molecule has 0 N–H and O–H groups in total. The first-order chi connectivity index (χ1) is 11.9. The molecule has 0 saturated carbocycles. The van der Waals surface area contributed by atoms with Crippen molar-refractivity contribution >= 4 is 11.7 Å². The average Bonchev–Trinajstić information content (AvgIpc) is 3.03. The maximum absolute atomic E-state index is 13.8. The van der Waals surface area contributed by atoms with Crippen LogP contribution in [0.2, 0.25) is 0 Å². The van der Waals surface area contributed by atoms with Crippen LogP contribution in [0.1, 0.15) is 16.8 Å². The minimum absolute atomic E-state index is 0.142. The van der Waals surface area contributed by atoms with E-state index < -0.39 is 17.5 Å². The summed E-state index contributed by atoms with van der Waals surface area (Å²) in [5.74, 6) is -1.01. The van der Waals surface area contributed by atoms with E-state index in [-0.39, 0.29) is 11.7 Å². The number of aromatic nitrogens is 2. The van der Waals surface area contributed by atoms with Gasteiger partial charge in [-0.25, -0.2) is 8.78 Å². The highest BCUT2D eigenvalue weighted by Crippen LogP contribution is 2.21. The monoisotopic (exact) mass is 348 g/mol. The lowest BCUT2D eigenvalue weighted by Gasteiger charge is -2.18. The summed E-state index contributed by atoms with van der Waals surface area (Å²) in [6, 6.07) is 2.94. The summed E-state index contributed by atoms with van der Waals surface area (Å²) in [5, 5.41) is 0. The number of halogens is 2. The largest absolute Gasteiger partial charge is 0.471 e. The van der Waals surface area contributed by atoms with Gasteiger partial charge in [-0.05, 0) is 12.1 Å². The molecule has 132 valence electrons. The van der Waals surface area contributed by atoms with Crippen molar-refractivity contribution in [3.05, 3.63) is 47.8 Å². The Morgan fingerprint density at radius 1 is 1.32 bits per heavy atom. The Bertz CT molecular complexity index is 785. The van der Waals surface area contributed by atoms with Crippen LogP contribution in [0, 0.1) is 11.6 Å². The van der Waals surface area contributed by atoms with E-state index in [4.69, 9.17) is 4.74 Å². The van der Waals surface area contributed by atoms with Crippen LogP contribution in [-0.2, 0) is 0 Å². The van der Waals surface area contributed by atoms with Crippen LogP contribution in [0.3, 0.4) is 0 Å². The first-order valence-electron chi connectivity index (χ1n) is 7.84. The van der Waals surface area contributed by atoms with E-state index >= 15 is 0 Å². The highest BCUT2D eigenvalue weighted by atomic mass is 19.1. The van der Waals surface area contributed by atoms with Crippen molar-refractivity contribution in [2.75, 3.05) is 32.1 Å². The Labute approximate surface area is 144 Å². The van der Waals surface area contributed by atoms with Gasteiger partial charge in [0.2, 0.25) is 5.88 Å². The number of amides is 1. The van der Waals surface area contributed by atoms with Crippen LogP contribution in [0.5, 0.6) is 5.88 Å². The third-order valence-corrected chi connectivity index (χ3v) is 3.94. The molecule has 0 spiro atoms. The van der Waals surface area contributed by atoms with Gasteiger partial charge in [-0.3, -0.25) is 9.78 Å². The standard InChI is InChI=1S/C17H18F2N4O2/c1-22(2)15-8-20-9-16(21-15)25-12-5-6-23(10-12)17(24)13-4-3-11(18)7-14(13)19/h3-4,7-9,12H,5-6,10H2,1-2H3. The summed E-state index contributed by atoms with van der Waals surface area (Å²) < 4.78 is 32.5. The molecular formula is C17H18F2N4O2. The smallest absolute Gasteiger partial charge is 0.256 e. The molecule has 0 radical (unpaired) electrons. The highest BCUT2D eigenvalue weighted by Gasteiger charge is 2.30. The molecule has 25 heavy (non-hydrogen) atoms. The molecule has 3 rings (SSSR count). The lowest BCUT2D eigenvalue weighted by atomic mass is 10.2. The zero-order valence-corrected chi connectivity index (χ0v) is 13.9. The van der Waals surface area contributed by atoms with Gasteiger partial charge in [-0.15, -0.1) is 0 Å². The molecular weight excluding hydrogens is 330 g/mol. The molecule has 2 heterocycles. The summed E-state index contributed by atoms with van der Waals surface area (Å²) in [7, 11) is 3.70. The first kappa shape index (κ1) is 17.1. The predicted molar refractivity (Wildman–Crippen MR) is 87.7 cm³/mol. The van der Waals surface area contributed by atoms with E-state index in [0.29, 0.717) is 37.3 Å². The zero-order valence-electron chi connectivity index (χ0n) is 13.9. The van der Waals surface area contributed by atoms with E-state index in [1.54, 1.807) is 6.20 Å². The molecule has 1 atom stereocenters. The van der Waals surface area contributed by atoms with Crippen LogP contribution in [0.4, 0.5) is 14.6 Å². The lowest BCUT2D eigenvalue weighted by Crippen LogP contribution is -2.31. The highest BCUT2D eigenvalue weighted by molar-refractivity contribution is 5.94. The lowest BCUT2D eigenvalue weighted by molar-refractivity contribution is 0.0766. The van der Waals surface area contributed by atoms with Gasteiger partial charge in [0.05, 0.1) is 24.5 Å². The molecule has 6 nitrogen and oxygen atoms in total. The van der Waals surface area contributed by atoms with Crippen LogP contribution >= 0.6 is 0 Å².